The molecule has 0 saturated carbocycles. The summed E-state index contributed by atoms with van der Waals surface area (Å²) < 4.78 is 11.1. The maximum Gasteiger partial charge on any atom is 0.234 e. The first-order valence-corrected chi connectivity index (χ1v) is 9.57. The lowest BCUT2D eigenvalue weighted by Gasteiger charge is -2.27. The largest absolute Gasteiger partial charge is 0.496 e. The van der Waals surface area contributed by atoms with Gasteiger partial charge in [0.15, 0.2) is 0 Å². The van der Waals surface area contributed by atoms with Gasteiger partial charge in [0.05, 0.1) is 36.6 Å². The third-order valence-corrected chi connectivity index (χ3v) is 5.79. The van der Waals surface area contributed by atoms with Crippen molar-refractivity contribution in [2.75, 3.05) is 20.0 Å². The van der Waals surface area contributed by atoms with Crippen LogP contribution in [0.1, 0.15) is 16.5 Å². The van der Waals surface area contributed by atoms with Crippen molar-refractivity contribution in [3.8, 4) is 11.5 Å². The Kier molecular flexibility index (Phi) is 4.85. The highest BCUT2D eigenvalue weighted by Crippen LogP contribution is 2.47. The van der Waals surface area contributed by atoms with Gasteiger partial charge in [-0.1, -0.05) is 12.1 Å². The number of amides is 1. The highest BCUT2D eigenvalue weighted by atomic mass is 32.2. The van der Waals surface area contributed by atoms with E-state index >= 15 is 0 Å². The Morgan fingerprint density at radius 2 is 1.78 bits per heavy atom. The van der Waals surface area contributed by atoms with Crippen molar-refractivity contribution in [1.82, 2.24) is 14.9 Å². The van der Waals surface area contributed by atoms with Crippen LogP contribution in [0.2, 0.25) is 0 Å². The quantitative estimate of drug-likeness (QED) is 0.675. The molecule has 0 bridgehead atoms. The number of fused-ring (bicyclic) bond motifs is 1. The molecular formula is C20H19N3O3S. The van der Waals surface area contributed by atoms with Crippen LogP contribution < -0.4 is 9.47 Å². The summed E-state index contributed by atoms with van der Waals surface area (Å²) in [7, 11) is 3.26. The number of thioether (sulfide) groups is 1. The van der Waals surface area contributed by atoms with Gasteiger partial charge in [-0.3, -0.25) is 14.8 Å². The van der Waals surface area contributed by atoms with Crippen LogP contribution in [-0.2, 0) is 11.3 Å². The first kappa shape index (κ1) is 17.6. The number of hydrogen-bond acceptors (Lipinski definition) is 6. The second-order valence-electron chi connectivity index (χ2n) is 6.14. The fourth-order valence-corrected chi connectivity index (χ4v) is 4.53. The van der Waals surface area contributed by atoms with E-state index in [1.165, 1.54) is 0 Å². The Morgan fingerprint density at radius 3 is 2.48 bits per heavy atom. The number of benzene rings is 2. The lowest BCUT2D eigenvalue weighted by molar-refractivity contribution is -0.128. The lowest BCUT2D eigenvalue weighted by Crippen LogP contribution is -2.28. The third kappa shape index (κ3) is 3.30. The van der Waals surface area contributed by atoms with E-state index in [2.05, 4.69) is 9.97 Å². The van der Waals surface area contributed by atoms with E-state index in [1.54, 1.807) is 38.4 Å². The predicted octanol–water partition coefficient (Wildman–Crippen LogP) is 3.42. The second-order valence-corrected chi connectivity index (χ2v) is 7.21. The fourth-order valence-electron chi connectivity index (χ4n) is 3.29. The van der Waals surface area contributed by atoms with Gasteiger partial charge in [0.25, 0.3) is 0 Å². The Balaban J connectivity index is 1.69. The van der Waals surface area contributed by atoms with Gasteiger partial charge in [-0.25, -0.2) is 0 Å². The molecular weight excluding hydrogens is 362 g/mol. The summed E-state index contributed by atoms with van der Waals surface area (Å²) in [6, 6.07) is 11.6. The molecule has 1 unspecified atom stereocenters. The number of carbonyl (C=O) groups is 1. The number of hydrogen-bond donors (Lipinski definition) is 0. The lowest BCUT2D eigenvalue weighted by atomic mass is 10.1. The third-order valence-electron chi connectivity index (χ3n) is 4.57. The van der Waals surface area contributed by atoms with Gasteiger partial charge in [0.1, 0.15) is 16.9 Å². The van der Waals surface area contributed by atoms with Crippen LogP contribution in [0.3, 0.4) is 0 Å². The van der Waals surface area contributed by atoms with Gasteiger partial charge in [-0.15, -0.1) is 11.8 Å². The Hall–Kier alpha value is -2.80. The molecule has 1 fully saturated rings. The van der Waals surface area contributed by atoms with Crippen molar-refractivity contribution < 1.29 is 14.3 Å². The van der Waals surface area contributed by atoms with E-state index < -0.39 is 0 Å². The summed E-state index contributed by atoms with van der Waals surface area (Å²) in [5, 5.41) is -0.166. The van der Waals surface area contributed by atoms with Crippen molar-refractivity contribution >= 4 is 28.7 Å². The van der Waals surface area contributed by atoms with Crippen molar-refractivity contribution in [2.45, 2.75) is 11.9 Å². The number of carbonyl (C=O) groups excluding carboxylic acids is 1. The highest BCUT2D eigenvalue weighted by Gasteiger charge is 2.36. The van der Waals surface area contributed by atoms with Crippen LogP contribution in [0.25, 0.3) is 11.0 Å². The number of nitrogens with zero attached hydrogens (tertiary/aromatic N) is 3. The number of methoxy groups -OCH3 is 2. The Bertz CT molecular complexity index is 973. The van der Waals surface area contributed by atoms with E-state index in [1.807, 2.05) is 41.3 Å². The molecule has 1 amide bonds. The maximum atomic E-state index is 12.6. The van der Waals surface area contributed by atoms with Crippen LogP contribution in [-0.4, -0.2) is 40.7 Å². The molecule has 7 heteroatoms. The molecule has 1 aliphatic heterocycles. The summed E-state index contributed by atoms with van der Waals surface area (Å²) >= 11 is 1.58. The topological polar surface area (TPSA) is 64.6 Å². The maximum absolute atomic E-state index is 12.6. The van der Waals surface area contributed by atoms with Gasteiger partial charge < -0.3 is 14.4 Å². The molecule has 4 rings (SSSR count). The van der Waals surface area contributed by atoms with Crippen LogP contribution in [0, 0.1) is 0 Å². The minimum atomic E-state index is -0.166. The van der Waals surface area contributed by atoms with E-state index in [0.717, 1.165) is 33.7 Å². The van der Waals surface area contributed by atoms with Crippen LogP contribution >= 0.6 is 11.8 Å². The first-order valence-electron chi connectivity index (χ1n) is 8.53. The zero-order valence-corrected chi connectivity index (χ0v) is 15.9. The molecule has 0 N–H and O–H groups in total. The Morgan fingerprint density at radius 1 is 1.07 bits per heavy atom. The molecule has 138 valence electrons. The van der Waals surface area contributed by atoms with Crippen LogP contribution in [0.5, 0.6) is 11.5 Å². The summed E-state index contributed by atoms with van der Waals surface area (Å²) in [6.07, 6.45) is 3.35. The SMILES string of the molecule is COc1cccc(OC)c1C1SCC(=O)N1Cc1ccc2nccnc2c1. The number of ether oxygens (including phenoxy) is 2. The fraction of sp³-hybridized carbons (Fsp3) is 0.250. The summed E-state index contributed by atoms with van der Waals surface area (Å²) in [6.45, 7) is 0.490. The van der Waals surface area contributed by atoms with Gasteiger partial charge in [-0.05, 0) is 29.8 Å². The smallest absolute Gasteiger partial charge is 0.234 e. The average Bonchev–Trinajstić information content (AvgIpc) is 3.07. The molecule has 2 aromatic carbocycles. The molecule has 1 saturated heterocycles. The Labute approximate surface area is 161 Å². The van der Waals surface area contributed by atoms with Gasteiger partial charge in [-0.2, -0.15) is 0 Å². The first-order chi connectivity index (χ1) is 13.2. The molecule has 27 heavy (non-hydrogen) atoms. The standard InChI is InChI=1S/C20H19N3O3S/c1-25-16-4-3-5-17(26-2)19(16)20-23(18(24)12-27-20)11-13-6-7-14-15(10-13)22-9-8-21-14/h3-10,20H,11-12H2,1-2H3. The zero-order valence-electron chi connectivity index (χ0n) is 15.1. The second kappa shape index (κ2) is 7.44. The highest BCUT2D eigenvalue weighted by molar-refractivity contribution is 8.00. The molecule has 6 nitrogen and oxygen atoms in total. The molecule has 1 aromatic heterocycles. The van der Waals surface area contributed by atoms with Gasteiger partial charge in [0, 0.05) is 18.9 Å². The average molecular weight is 381 g/mol. The molecule has 3 aromatic rings. The molecule has 2 heterocycles. The summed E-state index contributed by atoms with van der Waals surface area (Å²) in [4.78, 5) is 23.1. The van der Waals surface area contributed by atoms with E-state index in [9.17, 15) is 4.79 Å². The number of aromatic nitrogens is 2. The van der Waals surface area contributed by atoms with E-state index in [-0.39, 0.29) is 11.3 Å². The zero-order chi connectivity index (χ0) is 18.8. The molecule has 1 atom stereocenters. The van der Waals surface area contributed by atoms with Gasteiger partial charge >= 0.3 is 0 Å². The molecule has 1 aliphatic rings. The van der Waals surface area contributed by atoms with Crippen molar-refractivity contribution in [3.63, 3.8) is 0 Å². The van der Waals surface area contributed by atoms with E-state index in [0.29, 0.717) is 12.3 Å². The minimum Gasteiger partial charge on any atom is -0.496 e. The van der Waals surface area contributed by atoms with Crippen molar-refractivity contribution in [2.24, 2.45) is 0 Å². The summed E-state index contributed by atoms with van der Waals surface area (Å²) in [5.41, 5.74) is 3.56. The molecule has 0 aliphatic carbocycles. The molecule has 0 radical (unpaired) electrons. The van der Waals surface area contributed by atoms with Gasteiger partial charge in [0.2, 0.25) is 5.91 Å². The monoisotopic (exact) mass is 381 g/mol. The number of rotatable bonds is 5. The normalized spacial score (nSPS) is 16.7. The molecule has 0 spiro atoms. The van der Waals surface area contributed by atoms with Crippen molar-refractivity contribution in [1.29, 1.82) is 0 Å². The summed E-state index contributed by atoms with van der Waals surface area (Å²) in [5.74, 6) is 1.96. The predicted molar refractivity (Wildman–Crippen MR) is 105 cm³/mol. The minimum absolute atomic E-state index is 0.0946. The van der Waals surface area contributed by atoms with Crippen LogP contribution in [0.4, 0.5) is 0 Å². The van der Waals surface area contributed by atoms with E-state index in [4.69, 9.17) is 9.47 Å². The van der Waals surface area contributed by atoms with Crippen LogP contribution in [0.15, 0.2) is 48.8 Å². The van der Waals surface area contributed by atoms with Crippen molar-refractivity contribution in [3.05, 3.63) is 59.9 Å².